The molecule has 0 unspecified atom stereocenters. The summed E-state index contributed by atoms with van der Waals surface area (Å²) in [5.74, 6) is 0. The molecule has 2 aromatic carbocycles. The minimum atomic E-state index is 0.593. The van der Waals surface area contributed by atoms with Crippen LogP contribution in [0.15, 0.2) is 48.5 Å². The molecule has 0 aliphatic rings. The van der Waals surface area contributed by atoms with Crippen LogP contribution in [0.3, 0.4) is 0 Å². The first kappa shape index (κ1) is 13.6. The fraction of sp³-hybridized carbons (Fsp3) is 0.294. The average molecular weight is 254 g/mol. The molecule has 0 spiro atoms. The lowest BCUT2D eigenvalue weighted by molar-refractivity contribution is 0.921. The Hall–Kier alpha value is -1.80. The minimum Gasteiger partial charge on any atom is -0.345 e. The molecular formula is C17H22N2. The second-order valence-corrected chi connectivity index (χ2v) is 4.85. The maximum atomic E-state index is 5.62. The summed E-state index contributed by atoms with van der Waals surface area (Å²) in [6, 6.07) is 17.2. The van der Waals surface area contributed by atoms with E-state index in [4.69, 9.17) is 5.73 Å². The summed E-state index contributed by atoms with van der Waals surface area (Å²) >= 11 is 0. The highest BCUT2D eigenvalue weighted by Crippen LogP contribution is 2.24. The van der Waals surface area contributed by atoms with Crippen molar-refractivity contribution >= 4 is 11.4 Å². The third kappa shape index (κ3) is 3.36. The smallest absolute Gasteiger partial charge is 0.0408 e. The van der Waals surface area contributed by atoms with Crippen molar-refractivity contribution in [3.05, 3.63) is 59.7 Å². The molecule has 2 nitrogen and oxygen atoms in total. The number of nitrogens with zero attached hydrogens (tertiary/aromatic N) is 1. The van der Waals surface area contributed by atoms with Crippen molar-refractivity contribution in [1.82, 2.24) is 0 Å². The molecule has 0 aromatic heterocycles. The lowest BCUT2D eigenvalue weighted by atomic mass is 10.1. The van der Waals surface area contributed by atoms with Crippen LogP contribution in [0.1, 0.15) is 24.5 Å². The Bertz CT molecular complexity index is 500. The predicted molar refractivity (Wildman–Crippen MR) is 82.8 cm³/mol. The number of anilines is 2. The van der Waals surface area contributed by atoms with Gasteiger partial charge in [-0.2, -0.15) is 0 Å². The van der Waals surface area contributed by atoms with Crippen LogP contribution >= 0.6 is 0 Å². The van der Waals surface area contributed by atoms with Crippen LogP contribution in [0.25, 0.3) is 0 Å². The fourth-order valence-corrected chi connectivity index (χ4v) is 2.18. The molecule has 0 fully saturated rings. The summed E-state index contributed by atoms with van der Waals surface area (Å²) in [6.07, 6.45) is 2.34. The van der Waals surface area contributed by atoms with Crippen LogP contribution in [-0.2, 0) is 13.0 Å². The third-order valence-corrected chi connectivity index (χ3v) is 3.42. The molecule has 0 bridgehead atoms. The lowest BCUT2D eigenvalue weighted by Gasteiger charge is -2.20. The van der Waals surface area contributed by atoms with Gasteiger partial charge >= 0.3 is 0 Å². The van der Waals surface area contributed by atoms with Gasteiger partial charge in [0.2, 0.25) is 0 Å². The number of hydrogen-bond donors (Lipinski definition) is 1. The van der Waals surface area contributed by atoms with Gasteiger partial charge in [-0.05, 0) is 41.8 Å². The molecular weight excluding hydrogens is 232 g/mol. The molecule has 0 saturated carbocycles. The molecule has 0 aliphatic heterocycles. The van der Waals surface area contributed by atoms with E-state index >= 15 is 0 Å². The number of rotatable bonds is 5. The topological polar surface area (TPSA) is 29.3 Å². The van der Waals surface area contributed by atoms with Gasteiger partial charge in [-0.25, -0.2) is 0 Å². The van der Waals surface area contributed by atoms with E-state index in [2.05, 4.69) is 67.4 Å². The molecule has 2 aromatic rings. The highest BCUT2D eigenvalue weighted by atomic mass is 15.1. The molecule has 0 radical (unpaired) electrons. The van der Waals surface area contributed by atoms with Crippen LogP contribution in [0.5, 0.6) is 0 Å². The van der Waals surface area contributed by atoms with Crippen LogP contribution in [-0.4, -0.2) is 7.05 Å². The van der Waals surface area contributed by atoms with E-state index in [1.54, 1.807) is 0 Å². The van der Waals surface area contributed by atoms with Crippen molar-refractivity contribution in [3.63, 3.8) is 0 Å². The predicted octanol–water partition coefficient (Wildman–Crippen LogP) is 3.87. The van der Waals surface area contributed by atoms with Crippen molar-refractivity contribution < 1.29 is 0 Å². The molecule has 0 atom stereocenters. The van der Waals surface area contributed by atoms with E-state index in [1.807, 2.05) is 0 Å². The third-order valence-electron chi connectivity index (χ3n) is 3.42. The van der Waals surface area contributed by atoms with Gasteiger partial charge in [0.15, 0.2) is 0 Å². The summed E-state index contributed by atoms with van der Waals surface area (Å²) in [5.41, 5.74) is 10.6. The first-order valence-electron chi connectivity index (χ1n) is 6.86. The second kappa shape index (κ2) is 6.39. The number of aryl methyl sites for hydroxylation is 1. The average Bonchev–Trinajstić information content (AvgIpc) is 2.48. The number of benzene rings is 2. The molecule has 100 valence electrons. The molecule has 0 saturated heterocycles. The standard InChI is InChI=1S/C17H22N2/c1-3-4-14-5-9-16(10-6-14)19(2)17-11-7-15(13-18)8-12-17/h5-12H,3-4,13,18H2,1-2H3. The fourth-order valence-electron chi connectivity index (χ4n) is 2.18. The van der Waals surface area contributed by atoms with Gasteiger partial charge in [-0.3, -0.25) is 0 Å². The molecule has 0 aliphatic carbocycles. The SMILES string of the molecule is CCCc1ccc(N(C)c2ccc(CN)cc2)cc1. The van der Waals surface area contributed by atoms with E-state index in [-0.39, 0.29) is 0 Å². The summed E-state index contributed by atoms with van der Waals surface area (Å²) in [7, 11) is 2.09. The van der Waals surface area contributed by atoms with Gasteiger partial charge in [0.1, 0.15) is 0 Å². The molecule has 19 heavy (non-hydrogen) atoms. The van der Waals surface area contributed by atoms with Crippen LogP contribution < -0.4 is 10.6 Å². The largest absolute Gasteiger partial charge is 0.345 e. The zero-order valence-corrected chi connectivity index (χ0v) is 11.8. The highest BCUT2D eigenvalue weighted by Gasteiger charge is 2.03. The molecule has 2 rings (SSSR count). The maximum absolute atomic E-state index is 5.62. The van der Waals surface area contributed by atoms with Crippen LogP contribution in [0.2, 0.25) is 0 Å². The zero-order valence-electron chi connectivity index (χ0n) is 11.8. The summed E-state index contributed by atoms with van der Waals surface area (Å²) < 4.78 is 0. The first-order valence-corrected chi connectivity index (χ1v) is 6.86. The Labute approximate surface area is 115 Å². The van der Waals surface area contributed by atoms with Gasteiger partial charge in [-0.15, -0.1) is 0 Å². The van der Waals surface area contributed by atoms with Gasteiger partial charge in [0.25, 0.3) is 0 Å². The monoisotopic (exact) mass is 254 g/mol. The van der Waals surface area contributed by atoms with E-state index in [1.165, 1.54) is 23.4 Å². The molecule has 0 heterocycles. The van der Waals surface area contributed by atoms with E-state index in [9.17, 15) is 0 Å². The van der Waals surface area contributed by atoms with Crippen molar-refractivity contribution in [2.45, 2.75) is 26.3 Å². The maximum Gasteiger partial charge on any atom is 0.0408 e. The molecule has 0 amide bonds. The number of nitrogens with two attached hydrogens (primary N) is 1. The van der Waals surface area contributed by atoms with Gasteiger partial charge in [0, 0.05) is 25.0 Å². The zero-order chi connectivity index (χ0) is 13.7. The van der Waals surface area contributed by atoms with Crippen molar-refractivity contribution in [2.24, 2.45) is 5.73 Å². The Kier molecular flexibility index (Phi) is 4.58. The van der Waals surface area contributed by atoms with E-state index in [0.717, 1.165) is 12.0 Å². The Morgan fingerprint density at radius 3 is 1.74 bits per heavy atom. The first-order chi connectivity index (χ1) is 9.24. The minimum absolute atomic E-state index is 0.593. The Morgan fingerprint density at radius 2 is 1.32 bits per heavy atom. The Morgan fingerprint density at radius 1 is 0.842 bits per heavy atom. The summed E-state index contributed by atoms with van der Waals surface area (Å²) in [5, 5.41) is 0. The summed E-state index contributed by atoms with van der Waals surface area (Å²) in [6.45, 7) is 2.80. The van der Waals surface area contributed by atoms with Crippen molar-refractivity contribution in [3.8, 4) is 0 Å². The van der Waals surface area contributed by atoms with E-state index in [0.29, 0.717) is 6.54 Å². The lowest BCUT2D eigenvalue weighted by Crippen LogP contribution is -2.09. The Balaban J connectivity index is 2.15. The van der Waals surface area contributed by atoms with E-state index < -0.39 is 0 Å². The molecule has 2 heteroatoms. The van der Waals surface area contributed by atoms with Gasteiger partial charge in [0.05, 0.1) is 0 Å². The van der Waals surface area contributed by atoms with Gasteiger partial charge in [-0.1, -0.05) is 37.6 Å². The highest BCUT2D eigenvalue weighted by molar-refractivity contribution is 5.62. The van der Waals surface area contributed by atoms with Crippen molar-refractivity contribution in [2.75, 3.05) is 11.9 Å². The van der Waals surface area contributed by atoms with Crippen molar-refractivity contribution in [1.29, 1.82) is 0 Å². The van der Waals surface area contributed by atoms with Gasteiger partial charge < -0.3 is 10.6 Å². The van der Waals surface area contributed by atoms with Crippen LogP contribution in [0.4, 0.5) is 11.4 Å². The number of hydrogen-bond acceptors (Lipinski definition) is 2. The second-order valence-electron chi connectivity index (χ2n) is 4.85. The normalized spacial score (nSPS) is 10.5. The van der Waals surface area contributed by atoms with Crippen LogP contribution in [0, 0.1) is 0 Å². The quantitative estimate of drug-likeness (QED) is 0.877. The summed E-state index contributed by atoms with van der Waals surface area (Å²) in [4.78, 5) is 2.19. The molecule has 2 N–H and O–H groups in total.